The van der Waals surface area contributed by atoms with Crippen LogP contribution < -0.4 is 20.7 Å². The van der Waals surface area contributed by atoms with E-state index in [4.69, 9.17) is 0 Å². The summed E-state index contributed by atoms with van der Waals surface area (Å²) in [4.78, 5) is 76.1. The van der Waals surface area contributed by atoms with E-state index >= 15 is 4.79 Å². The molecule has 14 nitrogen and oxygen atoms in total. The lowest BCUT2D eigenvalue weighted by atomic mass is 9.73. The number of nitrogens with one attached hydrogen (secondary N) is 4. The molecule has 6 fully saturated rings. The number of likely N-dealkylation sites (tertiary alicyclic amines) is 2. The van der Waals surface area contributed by atoms with Gasteiger partial charge < -0.3 is 20.9 Å². The summed E-state index contributed by atoms with van der Waals surface area (Å²) in [7, 11) is -2.87. The molecule has 2 spiro atoms. The van der Waals surface area contributed by atoms with Crippen molar-refractivity contribution in [1.82, 2.24) is 34.8 Å². The molecule has 5 amide bonds. The largest absolute Gasteiger partial charge is 0.343 e. The summed E-state index contributed by atoms with van der Waals surface area (Å²) < 4.78 is 29.9. The van der Waals surface area contributed by atoms with E-state index in [0.29, 0.717) is 13.0 Å². The number of nitrogens with zero attached hydrogens (tertiary/aromatic N) is 3. The molecule has 0 bridgehead atoms. The van der Waals surface area contributed by atoms with E-state index in [-0.39, 0.29) is 52.3 Å². The van der Waals surface area contributed by atoms with Gasteiger partial charge in [0.05, 0.1) is 6.04 Å². The first-order valence-corrected chi connectivity index (χ1v) is 23.7. The highest BCUT2D eigenvalue weighted by atomic mass is 32.2. The molecule has 0 radical (unpaired) electrons. The predicted octanol–water partition coefficient (Wildman–Crippen LogP) is 4.02. The van der Waals surface area contributed by atoms with E-state index < -0.39 is 62.6 Å². The highest BCUT2D eigenvalue weighted by Crippen LogP contribution is 2.88. The molecule has 4 aliphatic carbocycles. The van der Waals surface area contributed by atoms with E-state index in [1.54, 1.807) is 31.7 Å². The van der Waals surface area contributed by atoms with Gasteiger partial charge in [-0.1, -0.05) is 73.3 Å². The minimum absolute atomic E-state index is 0.0269. The molecular formula is C44H73N7O7S. The Morgan fingerprint density at radius 1 is 0.864 bits per heavy atom. The summed E-state index contributed by atoms with van der Waals surface area (Å²) in [6.45, 7) is 23.1. The second-order valence-electron chi connectivity index (χ2n) is 21.4. The van der Waals surface area contributed by atoms with Gasteiger partial charge in [0.1, 0.15) is 23.7 Å². The van der Waals surface area contributed by atoms with E-state index in [0.717, 1.165) is 81.6 Å². The molecule has 2 aliphatic heterocycles. The Labute approximate surface area is 353 Å². The third kappa shape index (κ3) is 7.76. The van der Waals surface area contributed by atoms with Crippen molar-refractivity contribution in [2.75, 3.05) is 26.7 Å². The van der Waals surface area contributed by atoms with Crippen LogP contribution in [-0.4, -0.2) is 114 Å². The molecule has 0 aromatic rings. The lowest BCUT2D eigenvalue weighted by Gasteiger charge is -2.38. The van der Waals surface area contributed by atoms with Crippen LogP contribution >= 0.6 is 0 Å². The Balaban J connectivity index is 1.28. The zero-order valence-corrected chi connectivity index (χ0v) is 38.3. The topological polar surface area (TPSA) is 177 Å². The quantitative estimate of drug-likeness (QED) is 0.201. The second-order valence-corrected chi connectivity index (χ2v) is 23.1. The number of hydrogen-bond donors (Lipinski definition) is 4. The maximum atomic E-state index is 15.2. The highest BCUT2D eigenvalue weighted by Gasteiger charge is 2.85. The Bertz CT molecular complexity index is 1810. The molecule has 0 unspecified atom stereocenters. The van der Waals surface area contributed by atoms with Crippen molar-refractivity contribution < 1.29 is 32.4 Å². The van der Waals surface area contributed by atoms with Crippen molar-refractivity contribution in [2.45, 2.75) is 175 Å². The third-order valence-corrected chi connectivity index (χ3v) is 17.9. The normalized spacial score (nSPS) is 31.3. The minimum Gasteiger partial charge on any atom is -0.343 e. The molecule has 7 atom stereocenters. The van der Waals surface area contributed by atoms with Crippen LogP contribution in [0.1, 0.15) is 139 Å². The first-order chi connectivity index (χ1) is 27.3. The molecule has 0 aromatic heterocycles. The standard InChI is InChI=1S/C44H73N7O7S/c1-12-29-25-44(29,38(56)48-59(57,58)49(11)40(6,7)8)47-35(53)31-26-43(41(9,10)42(43)22-18-23-42)27-51(31)37(55)33(39(3,4)5)46-36(54)32(28-19-15-14-16-20-28)45-34(52)30-21-17-24-50(30)13-2/h12,28-33H,1,13-27H2,2-11H3,(H,45,52)(H,46,54)(H,47,53)(H,48,56)/t29-,30+,31+,32+,33-,43-,44-/m1/s1. The van der Waals surface area contributed by atoms with Crippen LogP contribution in [0.4, 0.5) is 0 Å². The summed E-state index contributed by atoms with van der Waals surface area (Å²) in [6, 6.07) is -3.10. The number of rotatable bonds is 13. The summed E-state index contributed by atoms with van der Waals surface area (Å²) in [5.74, 6) is -2.89. The summed E-state index contributed by atoms with van der Waals surface area (Å²) in [6.07, 6.45) is 11.4. The number of fused-ring (bicyclic) bond motifs is 1. The Morgan fingerprint density at radius 2 is 1.51 bits per heavy atom. The van der Waals surface area contributed by atoms with Gasteiger partial charge in [-0.15, -0.1) is 6.58 Å². The van der Waals surface area contributed by atoms with Crippen LogP contribution in [0.25, 0.3) is 0 Å². The molecule has 6 aliphatic rings. The summed E-state index contributed by atoms with van der Waals surface area (Å²) in [5, 5.41) is 9.24. The van der Waals surface area contributed by atoms with E-state index in [2.05, 4.69) is 46.0 Å². The van der Waals surface area contributed by atoms with Gasteiger partial charge in [-0.3, -0.25) is 28.9 Å². The summed E-state index contributed by atoms with van der Waals surface area (Å²) >= 11 is 0. The van der Waals surface area contributed by atoms with Crippen LogP contribution in [0.2, 0.25) is 0 Å². The smallest absolute Gasteiger partial charge is 0.304 e. The molecule has 4 saturated carbocycles. The molecule has 15 heteroatoms. The van der Waals surface area contributed by atoms with Crippen molar-refractivity contribution in [2.24, 2.45) is 33.5 Å². The van der Waals surface area contributed by atoms with Crippen molar-refractivity contribution in [3.05, 3.63) is 12.7 Å². The van der Waals surface area contributed by atoms with E-state index in [1.165, 1.54) is 7.05 Å². The average Bonchev–Trinajstić information content (AvgIpc) is 3.66. The summed E-state index contributed by atoms with van der Waals surface area (Å²) in [5.41, 5.74) is -3.67. The molecular weight excluding hydrogens is 771 g/mol. The maximum absolute atomic E-state index is 15.2. The van der Waals surface area contributed by atoms with Crippen molar-refractivity contribution in [3.63, 3.8) is 0 Å². The van der Waals surface area contributed by atoms with E-state index in [9.17, 15) is 27.6 Å². The zero-order valence-electron chi connectivity index (χ0n) is 37.5. The minimum atomic E-state index is -4.26. The Kier molecular flexibility index (Phi) is 12.1. The fraction of sp³-hybridized carbons (Fsp3) is 0.841. The fourth-order valence-electron chi connectivity index (χ4n) is 11.7. The number of carbonyl (C=O) groups excluding carboxylic acids is 5. The lowest BCUT2D eigenvalue weighted by Crippen LogP contribution is -2.63. The predicted molar refractivity (Wildman–Crippen MR) is 227 cm³/mol. The second kappa shape index (κ2) is 15.7. The van der Waals surface area contributed by atoms with Crippen LogP contribution in [0.5, 0.6) is 0 Å². The van der Waals surface area contributed by atoms with E-state index in [1.807, 2.05) is 27.7 Å². The van der Waals surface area contributed by atoms with Crippen molar-refractivity contribution in [1.29, 1.82) is 0 Å². The average molecular weight is 844 g/mol. The number of hydrogen-bond acceptors (Lipinski definition) is 8. The SMILES string of the molecule is C=C[C@@H]1C[C@]1(NC(=O)[C@@H]1C[C@@]2(CN1C(=O)[C@@H](NC(=O)[C@@H](NC(=O)[C@@H]1CCCN1CC)C1CCCCC1)C(C)(C)C)C(C)(C)C21CCC1)C(=O)NS(=O)(=O)N(C)C(C)(C)C. The van der Waals surface area contributed by atoms with Gasteiger partial charge in [-0.25, -0.2) is 4.72 Å². The zero-order chi connectivity index (χ0) is 43.7. The van der Waals surface area contributed by atoms with Gasteiger partial charge in [-0.05, 0) is 107 Å². The van der Waals surface area contributed by atoms with Gasteiger partial charge >= 0.3 is 10.2 Å². The van der Waals surface area contributed by atoms with Crippen LogP contribution in [0.15, 0.2) is 12.7 Å². The lowest BCUT2D eigenvalue weighted by molar-refractivity contribution is -0.145. The first-order valence-electron chi connectivity index (χ1n) is 22.3. The first kappa shape index (κ1) is 45.5. The van der Waals surface area contributed by atoms with Gasteiger partial charge in [0.2, 0.25) is 23.6 Å². The Morgan fingerprint density at radius 3 is 2.02 bits per heavy atom. The van der Waals surface area contributed by atoms with Crippen molar-refractivity contribution >= 4 is 39.7 Å². The monoisotopic (exact) mass is 844 g/mol. The molecule has 4 N–H and O–H groups in total. The van der Waals surface area contributed by atoms with Crippen LogP contribution in [-0.2, 0) is 34.2 Å². The van der Waals surface area contributed by atoms with Gasteiger partial charge in [0, 0.05) is 30.5 Å². The van der Waals surface area contributed by atoms with Crippen LogP contribution in [0, 0.1) is 33.5 Å². The third-order valence-electron chi connectivity index (χ3n) is 16.1. The molecule has 6 rings (SSSR count). The number of carbonyl (C=O) groups is 5. The number of amides is 5. The fourth-order valence-corrected chi connectivity index (χ4v) is 13.0. The molecule has 2 heterocycles. The van der Waals surface area contributed by atoms with Gasteiger partial charge in [-0.2, -0.15) is 12.7 Å². The van der Waals surface area contributed by atoms with Crippen molar-refractivity contribution in [3.8, 4) is 0 Å². The number of likely N-dealkylation sites (N-methyl/N-ethyl adjacent to an activating group) is 1. The Hall–Kier alpha value is -3.04. The molecule has 59 heavy (non-hydrogen) atoms. The molecule has 332 valence electrons. The van der Waals surface area contributed by atoms with Gasteiger partial charge in [0.25, 0.3) is 5.91 Å². The van der Waals surface area contributed by atoms with Gasteiger partial charge in [0.15, 0.2) is 0 Å². The van der Waals surface area contributed by atoms with Crippen LogP contribution in [0.3, 0.4) is 0 Å². The highest BCUT2D eigenvalue weighted by molar-refractivity contribution is 7.87. The maximum Gasteiger partial charge on any atom is 0.304 e. The molecule has 2 saturated heterocycles. The molecule has 0 aromatic carbocycles.